The summed E-state index contributed by atoms with van der Waals surface area (Å²) in [6, 6.07) is 0. The van der Waals surface area contributed by atoms with Crippen molar-refractivity contribution in [1.29, 1.82) is 0 Å². The van der Waals surface area contributed by atoms with Gasteiger partial charge >= 0.3 is 107 Å². The van der Waals surface area contributed by atoms with Crippen LogP contribution in [0.15, 0.2) is 0 Å². The number of aliphatic carboxylic acids is 3. The zero-order valence-electron chi connectivity index (χ0n) is 78.7. The molecular formula is C88H151Na3O32. The Bertz CT molecular complexity index is 2930. The number of carbonyl (C=O) groups is 6. The van der Waals surface area contributed by atoms with Gasteiger partial charge in [0.2, 0.25) is 0 Å². The SMILES string of the molecule is CC1(CCC(=O)[O-])OCC(C2COC(C)(CCC(=O)[O-])O2)O1.CCCCCCC1(C)OCC(C2COC(C)(CCC(=O)OCC)O2)O1.CCCCCCC1(C)OCC(C2COC(C)(CCC(=O)[O-])O2)O1.CCCCCCC1(C)OCC(C2COC(C)(CCCCCC)O2)O1.CCOC(=O)CCC1(C)OCC(C2COC(C)(CCC(=O)OCC)O2)O1.[Na+].[Na+].[Na+]. The second-order valence-electron chi connectivity index (χ2n) is 34.8. The first kappa shape index (κ1) is 116. The van der Waals surface area contributed by atoms with E-state index in [1.54, 1.807) is 41.5 Å². The predicted octanol–water partition coefficient (Wildman–Crippen LogP) is 1.76. The van der Waals surface area contributed by atoms with E-state index in [0.717, 1.165) is 51.4 Å². The molecule has 0 aromatic carbocycles. The minimum absolute atomic E-state index is 0. The van der Waals surface area contributed by atoms with Gasteiger partial charge < -0.3 is 139 Å². The number of carboxylic acids is 3. The predicted molar refractivity (Wildman–Crippen MR) is 428 cm³/mol. The fourth-order valence-electron chi connectivity index (χ4n) is 15.8. The van der Waals surface area contributed by atoms with Gasteiger partial charge in [-0.15, -0.1) is 0 Å². The van der Waals surface area contributed by atoms with Gasteiger partial charge in [0.05, 0.1) is 105 Å². The summed E-state index contributed by atoms with van der Waals surface area (Å²) in [7, 11) is 0. The van der Waals surface area contributed by atoms with Gasteiger partial charge in [0, 0.05) is 82.1 Å². The zero-order chi connectivity index (χ0) is 88.3. The number of unbranched alkanes of at least 4 members (excludes halogenated alkanes) is 12. The van der Waals surface area contributed by atoms with Crippen LogP contribution in [0.2, 0.25) is 0 Å². The summed E-state index contributed by atoms with van der Waals surface area (Å²) in [5.74, 6) is -11.4. The summed E-state index contributed by atoms with van der Waals surface area (Å²) in [5, 5.41) is 31.7. The quantitative estimate of drug-likeness (QED) is 0.0363. The van der Waals surface area contributed by atoms with Crippen molar-refractivity contribution in [2.24, 2.45) is 0 Å². The molecule has 32 nitrogen and oxygen atoms in total. The molecule has 0 amide bonds. The maximum Gasteiger partial charge on any atom is 1.00 e. The van der Waals surface area contributed by atoms with Crippen molar-refractivity contribution in [2.45, 2.75) is 442 Å². The smallest absolute Gasteiger partial charge is 0.550 e. The summed E-state index contributed by atoms with van der Waals surface area (Å²) in [6.45, 7) is 38.3. The van der Waals surface area contributed by atoms with Gasteiger partial charge in [-0.1, -0.05) is 105 Å². The van der Waals surface area contributed by atoms with Crippen LogP contribution in [0.4, 0.5) is 0 Å². The average molecular weight is 1790 g/mol. The third-order valence-electron chi connectivity index (χ3n) is 23.2. The molecule has 10 aliphatic rings. The molecule has 20 unspecified atom stereocenters. The van der Waals surface area contributed by atoms with Crippen LogP contribution in [0.1, 0.15) is 323 Å². The van der Waals surface area contributed by atoms with E-state index >= 15 is 0 Å². The fourth-order valence-corrected chi connectivity index (χ4v) is 15.8. The van der Waals surface area contributed by atoms with E-state index in [2.05, 4.69) is 41.5 Å². The number of esters is 3. The van der Waals surface area contributed by atoms with Crippen molar-refractivity contribution < 1.29 is 242 Å². The first-order valence-electron chi connectivity index (χ1n) is 45.0. The Kier molecular flexibility index (Phi) is 53.8. The third-order valence-corrected chi connectivity index (χ3v) is 23.2. The second-order valence-corrected chi connectivity index (χ2v) is 34.8. The normalized spacial score (nSPS) is 35.3. The number of rotatable bonds is 46. The van der Waals surface area contributed by atoms with Gasteiger partial charge in [-0.3, -0.25) is 14.4 Å². The molecule has 10 heterocycles. The molecule has 10 rings (SSSR count). The largest absolute Gasteiger partial charge is 1.00 e. The van der Waals surface area contributed by atoms with E-state index in [1.807, 2.05) is 34.6 Å². The Labute approximate surface area is 799 Å². The minimum Gasteiger partial charge on any atom is -0.550 e. The van der Waals surface area contributed by atoms with Crippen LogP contribution in [0, 0.1) is 0 Å². The molecule has 0 aliphatic carbocycles. The molecule has 10 fully saturated rings. The molecule has 0 spiro atoms. The molecule has 0 radical (unpaired) electrons. The number of ether oxygens (including phenoxy) is 23. The molecule has 0 aromatic heterocycles. The number of hydrogen-bond acceptors (Lipinski definition) is 32. The molecule has 123 heavy (non-hydrogen) atoms. The van der Waals surface area contributed by atoms with Crippen LogP contribution in [0.5, 0.6) is 0 Å². The van der Waals surface area contributed by atoms with Crippen LogP contribution in [0.3, 0.4) is 0 Å². The topological polar surface area (TPSA) is 384 Å². The van der Waals surface area contributed by atoms with Crippen LogP contribution in [-0.4, -0.2) is 241 Å². The van der Waals surface area contributed by atoms with Crippen molar-refractivity contribution >= 4 is 35.8 Å². The summed E-state index contributed by atoms with van der Waals surface area (Å²) in [4.78, 5) is 66.2. The molecule has 10 aliphatic heterocycles. The monoisotopic (exact) mass is 1790 g/mol. The third kappa shape index (κ3) is 42.0. The van der Waals surface area contributed by atoms with Crippen molar-refractivity contribution in [1.82, 2.24) is 0 Å². The molecule has 35 heteroatoms. The Balaban J connectivity index is 0.000000395. The van der Waals surface area contributed by atoms with Gasteiger partial charge in [-0.05, 0) is 135 Å². The van der Waals surface area contributed by atoms with E-state index in [0.29, 0.717) is 91.9 Å². The van der Waals surface area contributed by atoms with Gasteiger partial charge in [-0.2, -0.15) is 0 Å². The van der Waals surface area contributed by atoms with Gasteiger partial charge in [0.15, 0.2) is 57.9 Å². The van der Waals surface area contributed by atoms with E-state index in [1.165, 1.54) is 77.0 Å². The van der Waals surface area contributed by atoms with E-state index < -0.39 is 88.0 Å². The molecule has 0 N–H and O–H groups in total. The summed E-state index contributed by atoms with van der Waals surface area (Å²) < 4.78 is 133. The van der Waals surface area contributed by atoms with E-state index in [4.69, 9.17) is 109 Å². The number of carboxylic acid groups (broad SMARTS) is 3. The van der Waals surface area contributed by atoms with E-state index in [-0.39, 0.29) is 226 Å². The van der Waals surface area contributed by atoms with Crippen LogP contribution >= 0.6 is 0 Å². The standard InChI is InChI=1S/C20H38O4.C19H34O6.C18H30O8.C17H30O6.C14H22O8.3Na/c1-5-7-9-11-13-19(3)21-15-17(23-19)18-16-22-20(4,24-18)14-12-10-8-6-2;1-5-7-8-9-11-18(3)22-13-15(24-18)16-14-23-19(4,25-16)12-10-17(20)21-6-2;1-5-21-15(19)7-9-17(3)23-11-13(25-17)14-12-24-18(4,26-14)10-8-16(20)22-6-2;1-4-5-6-7-9-16(2)20-11-13(22-16)14-12-21-17(3,23-14)10-8-15(18)19;1-13(5-3-11(15)16)19-7-9(21-13)10-8-20-14(2,22-10)6-4-12(17)18;;;/h17-18H,5-16H2,1-4H3;15-16H,5-14H2,1-4H3;13-14H,5-12H2,1-4H3;13-14H,4-12H2,1-3H3,(H,18,19);9-10H,3-8H2,1-2H3,(H,15,16)(H,17,18);;;/q;;;;;3*+1/p-3. The van der Waals surface area contributed by atoms with Crippen LogP contribution in [-0.2, 0) is 138 Å². The van der Waals surface area contributed by atoms with Crippen molar-refractivity contribution in [3.05, 3.63) is 0 Å². The van der Waals surface area contributed by atoms with Gasteiger partial charge in [0.1, 0.15) is 61.0 Å². The molecule has 0 aromatic rings. The first-order chi connectivity index (χ1) is 56.8. The second kappa shape index (κ2) is 56.9. The minimum atomic E-state index is -1.16. The molecule has 0 saturated carbocycles. The van der Waals surface area contributed by atoms with Gasteiger partial charge in [-0.25, -0.2) is 0 Å². The van der Waals surface area contributed by atoms with Crippen molar-refractivity contribution in [3.63, 3.8) is 0 Å². The Morgan fingerprint density at radius 3 is 0.496 bits per heavy atom. The Morgan fingerprint density at radius 1 is 0.228 bits per heavy atom. The Hall–Kier alpha value is -0.980. The van der Waals surface area contributed by atoms with Crippen molar-refractivity contribution in [3.8, 4) is 0 Å². The molecular weight excluding hydrogens is 1640 g/mol. The maximum absolute atomic E-state index is 11.5. The summed E-state index contributed by atoms with van der Waals surface area (Å²) >= 11 is 0. The molecule has 698 valence electrons. The average Bonchev–Trinajstić information content (AvgIpc) is 1.68. The van der Waals surface area contributed by atoms with Crippen molar-refractivity contribution in [2.75, 3.05) is 85.9 Å². The number of hydrogen-bond donors (Lipinski definition) is 0. The number of carbonyl (C=O) groups excluding carboxylic acids is 6. The van der Waals surface area contributed by atoms with Crippen LogP contribution in [0.25, 0.3) is 0 Å². The summed E-state index contributed by atoms with van der Waals surface area (Å²) in [6.07, 6.45) is 23.4. The Morgan fingerprint density at radius 2 is 0.366 bits per heavy atom. The molecule has 20 atom stereocenters. The molecule has 0 bridgehead atoms. The van der Waals surface area contributed by atoms with E-state index in [9.17, 15) is 44.1 Å². The summed E-state index contributed by atoms with van der Waals surface area (Å²) in [5.41, 5.74) is 0. The molecule has 10 saturated heterocycles. The fraction of sp³-hybridized carbons (Fsp3) is 0.932. The zero-order valence-corrected chi connectivity index (χ0v) is 84.7. The van der Waals surface area contributed by atoms with Gasteiger partial charge in [0.25, 0.3) is 0 Å². The van der Waals surface area contributed by atoms with Crippen LogP contribution < -0.4 is 104 Å². The first-order valence-corrected chi connectivity index (χ1v) is 45.0. The maximum atomic E-state index is 11.5.